The van der Waals surface area contributed by atoms with E-state index >= 15 is 0 Å². The summed E-state index contributed by atoms with van der Waals surface area (Å²) in [5, 5.41) is 19.4. The molecule has 4 aromatic rings. The molecule has 2 aromatic carbocycles. The summed E-state index contributed by atoms with van der Waals surface area (Å²) in [6.07, 6.45) is 5.06. The second-order valence-corrected chi connectivity index (χ2v) is 11.2. The average molecular weight is 607 g/mol. The summed E-state index contributed by atoms with van der Waals surface area (Å²) in [5.74, 6) is 0.902. The molecule has 4 heterocycles. The molecule has 1 N–H and O–H groups in total. The van der Waals surface area contributed by atoms with Crippen LogP contribution < -0.4 is 14.4 Å². The first-order valence-electron chi connectivity index (χ1n) is 13.7. The van der Waals surface area contributed by atoms with E-state index in [9.17, 15) is 10.1 Å². The highest BCUT2D eigenvalue weighted by Gasteiger charge is 2.29. The molecule has 10 nitrogen and oxygen atoms in total. The number of aromatic nitrogens is 3. The van der Waals surface area contributed by atoms with Crippen LogP contribution in [-0.4, -0.2) is 83.3 Å². The maximum absolute atomic E-state index is 12.2. The number of nitriles is 1. The zero-order chi connectivity index (χ0) is 29.4. The number of ether oxygens (including phenoxy) is 2. The summed E-state index contributed by atoms with van der Waals surface area (Å²) in [6, 6.07) is 9.84. The molecule has 2 aliphatic heterocycles. The molecule has 0 saturated carbocycles. The van der Waals surface area contributed by atoms with Crippen LogP contribution in [-0.2, 0) is 4.79 Å². The molecule has 0 spiro atoms. The van der Waals surface area contributed by atoms with Crippen LogP contribution >= 0.6 is 23.2 Å². The van der Waals surface area contributed by atoms with Gasteiger partial charge in [-0.15, -0.1) is 0 Å². The monoisotopic (exact) mass is 605 g/mol. The Hall–Kier alpha value is -4.04. The van der Waals surface area contributed by atoms with Crippen molar-refractivity contribution in [3.05, 3.63) is 58.7 Å². The number of benzene rings is 2. The van der Waals surface area contributed by atoms with Gasteiger partial charge in [-0.25, -0.2) is 4.98 Å². The number of pyridine rings is 1. The highest BCUT2D eigenvalue weighted by molar-refractivity contribution is 6.44. The quantitative estimate of drug-likeness (QED) is 0.279. The number of amides is 1. The fourth-order valence-corrected chi connectivity index (χ4v) is 6.09. The molecule has 216 valence electrons. The second kappa shape index (κ2) is 11.7. The summed E-state index contributed by atoms with van der Waals surface area (Å²) in [6.45, 7) is 7.06. The van der Waals surface area contributed by atoms with Crippen molar-refractivity contribution in [1.82, 2.24) is 25.0 Å². The molecule has 42 heavy (non-hydrogen) atoms. The van der Waals surface area contributed by atoms with Gasteiger partial charge in [-0.05, 0) is 44.6 Å². The number of piperazine rings is 1. The van der Waals surface area contributed by atoms with Gasteiger partial charge in [0.2, 0.25) is 11.8 Å². The molecular weight excluding hydrogens is 577 g/mol. The highest BCUT2D eigenvalue weighted by atomic mass is 35.5. The zero-order valence-corrected chi connectivity index (χ0v) is 24.6. The van der Waals surface area contributed by atoms with E-state index in [-0.39, 0.29) is 22.9 Å². The van der Waals surface area contributed by atoms with Crippen LogP contribution in [0.25, 0.3) is 21.8 Å². The maximum atomic E-state index is 12.2. The van der Waals surface area contributed by atoms with Gasteiger partial charge in [0.1, 0.15) is 28.8 Å². The number of nitrogens with one attached hydrogen (secondary N) is 1. The van der Waals surface area contributed by atoms with Crippen molar-refractivity contribution in [2.24, 2.45) is 0 Å². The minimum atomic E-state index is -0.112. The zero-order valence-electron chi connectivity index (χ0n) is 23.1. The molecule has 2 aliphatic rings. The minimum Gasteiger partial charge on any atom is -0.475 e. The number of carbonyl (C=O) groups is 1. The van der Waals surface area contributed by atoms with Crippen LogP contribution in [0, 0.1) is 11.3 Å². The summed E-state index contributed by atoms with van der Waals surface area (Å²) >= 11 is 13.0. The summed E-state index contributed by atoms with van der Waals surface area (Å²) < 4.78 is 12.7. The molecular formula is C30H29Cl2N7O3. The number of halogens is 2. The largest absolute Gasteiger partial charge is 0.475 e. The van der Waals surface area contributed by atoms with E-state index < -0.39 is 0 Å². The van der Waals surface area contributed by atoms with Crippen molar-refractivity contribution in [2.75, 3.05) is 51.3 Å². The van der Waals surface area contributed by atoms with Gasteiger partial charge in [0.05, 0.1) is 27.8 Å². The second-order valence-electron chi connectivity index (χ2n) is 10.4. The Morgan fingerprint density at radius 2 is 2.05 bits per heavy atom. The average Bonchev–Trinajstić information content (AvgIpc) is 3.65. The van der Waals surface area contributed by atoms with Gasteiger partial charge in [0.25, 0.3) is 0 Å². The van der Waals surface area contributed by atoms with Gasteiger partial charge < -0.3 is 24.2 Å². The van der Waals surface area contributed by atoms with E-state index in [0.717, 1.165) is 24.8 Å². The van der Waals surface area contributed by atoms with Crippen LogP contribution in [0.15, 0.2) is 43.1 Å². The third kappa shape index (κ3) is 5.09. The van der Waals surface area contributed by atoms with Crippen molar-refractivity contribution in [1.29, 1.82) is 5.26 Å². The number of carbonyl (C=O) groups excluding carboxylic acids is 1. The number of H-pyrrole nitrogens is 1. The van der Waals surface area contributed by atoms with Gasteiger partial charge in [-0.1, -0.05) is 41.9 Å². The van der Waals surface area contributed by atoms with Crippen LogP contribution in [0.1, 0.15) is 18.4 Å². The Kier molecular flexibility index (Phi) is 7.82. The Morgan fingerprint density at radius 1 is 1.24 bits per heavy atom. The van der Waals surface area contributed by atoms with Gasteiger partial charge in [0.15, 0.2) is 11.5 Å². The first kappa shape index (κ1) is 28.1. The number of rotatable bonds is 7. The van der Waals surface area contributed by atoms with Crippen LogP contribution in [0.5, 0.6) is 17.4 Å². The Morgan fingerprint density at radius 3 is 2.76 bits per heavy atom. The van der Waals surface area contributed by atoms with Crippen molar-refractivity contribution >= 4 is 56.6 Å². The van der Waals surface area contributed by atoms with Crippen molar-refractivity contribution in [3.63, 3.8) is 0 Å². The van der Waals surface area contributed by atoms with E-state index in [1.807, 2.05) is 12.1 Å². The number of hydrogen-bond acceptors (Lipinski definition) is 8. The van der Waals surface area contributed by atoms with Gasteiger partial charge in [-0.2, -0.15) is 10.4 Å². The standard InChI is InChI=1S/C30H29Cl2N7O3/c1-3-25(40)38-10-12-39(13-11-38)28-19-7-4-8-24(42-29-21-16-34-36-23(21)14-22(31)26(29)32)27(19)35-30(20(28)15-33)41-17-18-6-5-9-37(18)2/h3-4,7-8,14,16,18H,1,5-6,9-13,17H2,2H3,(H,34,36)/t18-/m0/s1. The fraction of sp³-hybridized carbons (Fsp3) is 0.333. The Balaban J connectivity index is 1.47. The smallest absolute Gasteiger partial charge is 0.246 e. The number of anilines is 1. The lowest BCUT2D eigenvalue weighted by molar-refractivity contribution is -0.126. The summed E-state index contributed by atoms with van der Waals surface area (Å²) in [4.78, 5) is 23.2. The lowest BCUT2D eigenvalue weighted by atomic mass is 10.1. The van der Waals surface area contributed by atoms with E-state index in [4.69, 9.17) is 37.7 Å². The SMILES string of the molecule is C=CC(=O)N1CCN(c2c(C#N)c(OC[C@@H]3CCCN3C)nc3c(Oc4c(Cl)c(Cl)cc5[nH]ncc45)cccc23)CC1. The molecule has 1 amide bonds. The molecule has 2 fully saturated rings. The van der Waals surface area contributed by atoms with Crippen molar-refractivity contribution in [2.45, 2.75) is 18.9 Å². The summed E-state index contributed by atoms with van der Waals surface area (Å²) in [7, 11) is 2.08. The van der Waals surface area contributed by atoms with E-state index in [1.165, 1.54) is 6.08 Å². The van der Waals surface area contributed by atoms with Crippen molar-refractivity contribution < 1.29 is 14.3 Å². The topological polar surface area (TPSA) is 111 Å². The number of likely N-dealkylation sites (N-methyl/N-ethyl adjacent to an activating group) is 1. The predicted molar refractivity (Wildman–Crippen MR) is 163 cm³/mol. The number of hydrogen-bond donors (Lipinski definition) is 1. The lowest BCUT2D eigenvalue weighted by Gasteiger charge is -2.36. The third-order valence-corrected chi connectivity index (χ3v) is 8.77. The Bertz CT molecular complexity index is 1730. The van der Waals surface area contributed by atoms with Crippen molar-refractivity contribution in [3.8, 4) is 23.4 Å². The molecule has 2 saturated heterocycles. The molecule has 1 atom stereocenters. The number of nitrogens with zero attached hydrogens (tertiary/aromatic N) is 6. The molecule has 2 aromatic heterocycles. The van der Waals surface area contributed by atoms with E-state index in [2.05, 4.69) is 39.7 Å². The molecule has 0 unspecified atom stereocenters. The third-order valence-electron chi connectivity index (χ3n) is 8.00. The van der Waals surface area contributed by atoms with Crippen LogP contribution in [0.3, 0.4) is 0 Å². The number of para-hydroxylation sites is 1. The molecule has 0 aliphatic carbocycles. The minimum absolute atomic E-state index is 0.112. The first-order chi connectivity index (χ1) is 20.4. The summed E-state index contributed by atoms with van der Waals surface area (Å²) in [5.41, 5.74) is 2.23. The fourth-order valence-electron chi connectivity index (χ4n) is 5.70. The lowest BCUT2D eigenvalue weighted by Crippen LogP contribution is -2.48. The van der Waals surface area contributed by atoms with Crippen LogP contribution in [0.2, 0.25) is 10.0 Å². The van der Waals surface area contributed by atoms with E-state index in [0.29, 0.717) is 77.0 Å². The predicted octanol–water partition coefficient (Wildman–Crippen LogP) is 5.39. The van der Waals surface area contributed by atoms with Gasteiger partial charge >= 0.3 is 0 Å². The highest BCUT2D eigenvalue weighted by Crippen LogP contribution is 2.44. The molecule has 6 rings (SSSR count). The Labute approximate surface area is 253 Å². The molecule has 12 heteroatoms. The van der Waals surface area contributed by atoms with E-state index in [1.54, 1.807) is 23.2 Å². The number of likely N-dealkylation sites (tertiary alicyclic amines) is 1. The van der Waals surface area contributed by atoms with Gasteiger partial charge in [-0.3, -0.25) is 9.89 Å². The molecule has 0 bridgehead atoms. The number of fused-ring (bicyclic) bond motifs is 2. The first-order valence-corrected chi connectivity index (χ1v) is 14.5. The van der Waals surface area contributed by atoms with Crippen LogP contribution in [0.4, 0.5) is 5.69 Å². The van der Waals surface area contributed by atoms with Gasteiger partial charge in [0, 0.05) is 37.6 Å². The number of aromatic amines is 1. The maximum Gasteiger partial charge on any atom is 0.246 e. The normalized spacial score (nSPS) is 17.5. The molecule has 0 radical (unpaired) electrons.